The molecule has 2 aromatic rings. The molecule has 170 valence electrons. The van der Waals surface area contributed by atoms with Gasteiger partial charge < -0.3 is 14.6 Å². The van der Waals surface area contributed by atoms with Crippen molar-refractivity contribution >= 4 is 5.91 Å². The molecular weight excluding hydrogens is 394 g/mol. The largest absolute Gasteiger partial charge is 0.490 e. The molecule has 31 heavy (non-hydrogen) atoms. The second-order valence-electron chi connectivity index (χ2n) is 8.67. The second kappa shape index (κ2) is 10.2. The lowest BCUT2D eigenvalue weighted by Gasteiger charge is -2.34. The van der Waals surface area contributed by atoms with Crippen LogP contribution in [0.15, 0.2) is 36.4 Å². The fourth-order valence-corrected chi connectivity index (χ4v) is 3.88. The monoisotopic (exact) mass is 429 g/mol. The number of benzene rings is 2. The van der Waals surface area contributed by atoms with Crippen LogP contribution in [0.2, 0.25) is 0 Å². The number of hydroxylamine groups is 1. The maximum atomic E-state index is 11.3. The van der Waals surface area contributed by atoms with Crippen molar-refractivity contribution in [2.24, 2.45) is 0 Å². The first-order chi connectivity index (χ1) is 14.6. The van der Waals surface area contributed by atoms with Gasteiger partial charge >= 0.3 is 0 Å². The van der Waals surface area contributed by atoms with Crippen molar-refractivity contribution in [3.05, 3.63) is 58.7 Å². The lowest BCUT2D eigenvalue weighted by Crippen LogP contribution is -2.28. The van der Waals surface area contributed by atoms with Crippen LogP contribution in [0.4, 0.5) is 0 Å². The van der Waals surface area contributed by atoms with Crippen LogP contribution >= 0.6 is 0 Å². The van der Waals surface area contributed by atoms with Crippen molar-refractivity contribution in [1.82, 2.24) is 5.48 Å². The quantitative estimate of drug-likeness (QED) is 0.384. The van der Waals surface area contributed by atoms with Crippen molar-refractivity contribution in [3.63, 3.8) is 0 Å². The summed E-state index contributed by atoms with van der Waals surface area (Å²) in [5, 5.41) is 18.6. The molecule has 0 atom stereocenters. The van der Waals surface area contributed by atoms with Gasteiger partial charge in [0.2, 0.25) is 0 Å². The molecule has 0 radical (unpaired) electrons. The first kappa shape index (κ1) is 24.7. The van der Waals surface area contributed by atoms with Crippen LogP contribution in [-0.2, 0) is 10.2 Å². The van der Waals surface area contributed by atoms with E-state index in [4.69, 9.17) is 14.7 Å². The summed E-state index contributed by atoms with van der Waals surface area (Å²) in [5.41, 5.74) is 4.85. The molecule has 0 aliphatic heterocycles. The standard InChI is InChI=1S/C25H35NO5/c1-7-25(8-2,19-9-11-21(17(3)13-19)30-15-23(27)26-29)20-10-12-22(18(4)14-20)31-16-24(5,6)28/h9-14,28-29H,7-8,15-16H2,1-6H3,(H,26,27). The van der Waals surface area contributed by atoms with E-state index in [1.807, 2.05) is 32.0 Å². The average Bonchev–Trinajstić information content (AvgIpc) is 2.72. The Bertz CT molecular complexity index is 897. The second-order valence-corrected chi connectivity index (χ2v) is 8.67. The first-order valence-corrected chi connectivity index (χ1v) is 10.7. The summed E-state index contributed by atoms with van der Waals surface area (Å²) in [4.78, 5) is 11.3. The van der Waals surface area contributed by atoms with Gasteiger partial charge in [0.15, 0.2) is 6.61 Å². The highest BCUT2D eigenvalue weighted by molar-refractivity contribution is 5.76. The molecule has 2 rings (SSSR count). The number of amides is 1. The van der Waals surface area contributed by atoms with Crippen molar-refractivity contribution in [3.8, 4) is 11.5 Å². The maximum absolute atomic E-state index is 11.3. The minimum Gasteiger partial charge on any atom is -0.490 e. The van der Waals surface area contributed by atoms with Crippen LogP contribution in [0, 0.1) is 13.8 Å². The molecule has 0 heterocycles. The molecule has 0 aliphatic carbocycles. The van der Waals surface area contributed by atoms with E-state index < -0.39 is 11.5 Å². The van der Waals surface area contributed by atoms with Crippen LogP contribution in [-0.4, -0.2) is 35.0 Å². The smallest absolute Gasteiger partial charge is 0.281 e. The summed E-state index contributed by atoms with van der Waals surface area (Å²) >= 11 is 0. The van der Waals surface area contributed by atoms with Crippen molar-refractivity contribution in [2.45, 2.75) is 65.4 Å². The van der Waals surface area contributed by atoms with E-state index in [2.05, 4.69) is 32.0 Å². The Morgan fingerprint density at radius 2 is 1.42 bits per heavy atom. The zero-order chi connectivity index (χ0) is 23.2. The van der Waals surface area contributed by atoms with E-state index >= 15 is 0 Å². The number of ether oxygens (including phenoxy) is 2. The molecule has 0 saturated carbocycles. The molecule has 0 aromatic heterocycles. The number of carbonyl (C=O) groups is 1. The molecule has 0 spiro atoms. The molecule has 0 saturated heterocycles. The van der Waals surface area contributed by atoms with E-state index in [-0.39, 0.29) is 18.6 Å². The fraction of sp³-hybridized carbons (Fsp3) is 0.480. The molecule has 6 nitrogen and oxygen atoms in total. The molecule has 1 amide bonds. The summed E-state index contributed by atoms with van der Waals surface area (Å²) in [6.45, 7) is 11.8. The van der Waals surface area contributed by atoms with Crippen LogP contribution in [0.1, 0.15) is 62.8 Å². The number of hydrogen-bond acceptors (Lipinski definition) is 5. The first-order valence-electron chi connectivity index (χ1n) is 10.7. The highest BCUT2D eigenvalue weighted by Crippen LogP contribution is 2.41. The predicted octanol–water partition coefficient (Wildman–Crippen LogP) is 4.44. The van der Waals surface area contributed by atoms with Crippen molar-refractivity contribution < 1.29 is 24.6 Å². The van der Waals surface area contributed by atoms with E-state index in [9.17, 15) is 9.90 Å². The van der Waals surface area contributed by atoms with Gasteiger partial charge in [-0.15, -0.1) is 0 Å². The molecule has 2 aromatic carbocycles. The van der Waals surface area contributed by atoms with E-state index in [0.29, 0.717) is 5.75 Å². The van der Waals surface area contributed by atoms with Gasteiger partial charge in [0, 0.05) is 5.41 Å². The van der Waals surface area contributed by atoms with Gasteiger partial charge in [0.25, 0.3) is 5.91 Å². The third-order valence-corrected chi connectivity index (χ3v) is 5.73. The third-order valence-electron chi connectivity index (χ3n) is 5.73. The van der Waals surface area contributed by atoms with E-state index in [1.54, 1.807) is 19.3 Å². The number of rotatable bonds is 10. The van der Waals surface area contributed by atoms with Crippen molar-refractivity contribution in [1.29, 1.82) is 0 Å². The zero-order valence-electron chi connectivity index (χ0n) is 19.4. The van der Waals surface area contributed by atoms with Gasteiger partial charge in [-0.05, 0) is 74.9 Å². The summed E-state index contributed by atoms with van der Waals surface area (Å²) in [5.74, 6) is 0.788. The van der Waals surface area contributed by atoms with Crippen molar-refractivity contribution in [2.75, 3.05) is 13.2 Å². The Kier molecular flexibility index (Phi) is 8.09. The maximum Gasteiger partial charge on any atom is 0.281 e. The highest BCUT2D eigenvalue weighted by atomic mass is 16.5. The Morgan fingerprint density at radius 3 is 1.81 bits per heavy atom. The normalized spacial score (nSPS) is 11.9. The Labute approximate surface area is 185 Å². The number of hydrogen-bond donors (Lipinski definition) is 3. The van der Waals surface area contributed by atoms with Crippen LogP contribution in [0.3, 0.4) is 0 Å². The van der Waals surface area contributed by atoms with Gasteiger partial charge in [0.05, 0.1) is 5.60 Å². The molecule has 0 bridgehead atoms. The van der Waals surface area contributed by atoms with E-state index in [1.165, 1.54) is 11.1 Å². The summed E-state index contributed by atoms with van der Waals surface area (Å²) in [6.07, 6.45) is 1.83. The minimum absolute atomic E-state index is 0.175. The number of aryl methyl sites for hydroxylation is 2. The topological polar surface area (TPSA) is 88.0 Å². The van der Waals surface area contributed by atoms with Crippen LogP contribution in [0.25, 0.3) is 0 Å². The minimum atomic E-state index is -0.888. The van der Waals surface area contributed by atoms with Gasteiger partial charge in [-0.2, -0.15) is 0 Å². The highest BCUT2D eigenvalue weighted by Gasteiger charge is 2.31. The molecular formula is C25H35NO5. The Balaban J connectivity index is 2.36. The van der Waals surface area contributed by atoms with Crippen LogP contribution < -0.4 is 15.0 Å². The number of nitrogens with one attached hydrogen (secondary N) is 1. The zero-order valence-corrected chi connectivity index (χ0v) is 19.4. The summed E-state index contributed by atoms with van der Waals surface area (Å²) < 4.78 is 11.3. The lowest BCUT2D eigenvalue weighted by molar-refractivity contribution is -0.131. The summed E-state index contributed by atoms with van der Waals surface area (Å²) in [7, 11) is 0. The fourth-order valence-electron chi connectivity index (χ4n) is 3.88. The third kappa shape index (κ3) is 5.99. The lowest BCUT2D eigenvalue weighted by atomic mass is 9.70. The SMILES string of the molecule is CCC(CC)(c1ccc(OCC(=O)NO)c(C)c1)c1ccc(OCC(C)(C)O)c(C)c1. The van der Waals surface area contributed by atoms with Gasteiger partial charge in [0.1, 0.15) is 18.1 Å². The average molecular weight is 430 g/mol. The molecule has 0 fully saturated rings. The Hall–Kier alpha value is -2.57. The number of aliphatic hydroxyl groups is 1. The predicted molar refractivity (Wildman–Crippen MR) is 121 cm³/mol. The van der Waals surface area contributed by atoms with Gasteiger partial charge in [-0.1, -0.05) is 38.1 Å². The molecule has 3 N–H and O–H groups in total. The molecule has 0 aliphatic rings. The molecule has 6 heteroatoms. The van der Waals surface area contributed by atoms with Crippen LogP contribution in [0.5, 0.6) is 11.5 Å². The van der Waals surface area contributed by atoms with Gasteiger partial charge in [-0.25, -0.2) is 5.48 Å². The summed E-state index contributed by atoms with van der Waals surface area (Å²) in [6, 6.07) is 12.3. The number of carbonyl (C=O) groups excluding carboxylic acids is 1. The molecule has 0 unspecified atom stereocenters. The van der Waals surface area contributed by atoms with Gasteiger partial charge in [-0.3, -0.25) is 10.0 Å². The Morgan fingerprint density at radius 1 is 0.935 bits per heavy atom. The van der Waals surface area contributed by atoms with E-state index in [0.717, 1.165) is 29.7 Å².